The van der Waals surface area contributed by atoms with Gasteiger partial charge >= 0.3 is 0 Å². The standard InChI is InChI=1S/C23H40N4O.HI/c1-5-23(6-2,20-11-8-7-9-12-20)19-25-22(24-3)26-21-13-16-27(17-14-21)15-10-18-28-4;/h7-9,11-12,21H,5-6,10,13-19H2,1-4H3,(H2,24,25,26);1H. The van der Waals surface area contributed by atoms with Crippen molar-refractivity contribution in [3.63, 3.8) is 0 Å². The van der Waals surface area contributed by atoms with Gasteiger partial charge in [-0.05, 0) is 37.7 Å². The number of likely N-dealkylation sites (tertiary alicyclic amines) is 1. The Bertz CT molecular complexity index is 570. The number of nitrogens with zero attached hydrogens (tertiary/aromatic N) is 2. The van der Waals surface area contributed by atoms with E-state index >= 15 is 0 Å². The molecule has 0 amide bonds. The van der Waals surface area contributed by atoms with Crippen molar-refractivity contribution in [3.05, 3.63) is 35.9 Å². The molecule has 1 aliphatic rings. The molecule has 0 radical (unpaired) electrons. The SMILES string of the molecule is CCC(CC)(CNC(=NC)NC1CCN(CCCOC)CC1)c1ccccc1.I. The van der Waals surface area contributed by atoms with Crippen LogP contribution in [-0.2, 0) is 10.2 Å². The van der Waals surface area contributed by atoms with Gasteiger partial charge in [-0.25, -0.2) is 0 Å². The van der Waals surface area contributed by atoms with Gasteiger partial charge in [-0.1, -0.05) is 44.2 Å². The molecule has 0 saturated carbocycles. The Morgan fingerprint density at radius 1 is 1.17 bits per heavy atom. The number of rotatable bonds is 10. The molecule has 0 bridgehead atoms. The van der Waals surface area contributed by atoms with E-state index in [-0.39, 0.29) is 29.4 Å². The summed E-state index contributed by atoms with van der Waals surface area (Å²) in [6.45, 7) is 9.76. The average Bonchev–Trinajstić information content (AvgIpc) is 2.76. The first-order valence-electron chi connectivity index (χ1n) is 10.9. The third kappa shape index (κ3) is 8.06. The first-order valence-corrected chi connectivity index (χ1v) is 10.9. The minimum atomic E-state index is 0. The highest BCUT2D eigenvalue weighted by molar-refractivity contribution is 14.0. The van der Waals surface area contributed by atoms with Gasteiger partial charge in [-0.15, -0.1) is 24.0 Å². The molecule has 1 aromatic rings. The molecule has 5 nitrogen and oxygen atoms in total. The zero-order valence-corrected chi connectivity index (χ0v) is 21.1. The van der Waals surface area contributed by atoms with Gasteiger partial charge in [0.25, 0.3) is 0 Å². The van der Waals surface area contributed by atoms with Crippen molar-refractivity contribution in [2.24, 2.45) is 4.99 Å². The fraction of sp³-hybridized carbons (Fsp3) is 0.696. The van der Waals surface area contributed by atoms with Crippen molar-refractivity contribution < 1.29 is 4.74 Å². The Morgan fingerprint density at radius 2 is 1.83 bits per heavy atom. The second-order valence-corrected chi connectivity index (χ2v) is 7.89. The fourth-order valence-corrected chi connectivity index (χ4v) is 4.18. The Morgan fingerprint density at radius 3 is 2.38 bits per heavy atom. The summed E-state index contributed by atoms with van der Waals surface area (Å²) < 4.78 is 5.16. The molecule has 0 atom stereocenters. The maximum Gasteiger partial charge on any atom is 0.191 e. The van der Waals surface area contributed by atoms with E-state index in [2.05, 4.69) is 64.7 Å². The highest BCUT2D eigenvalue weighted by Crippen LogP contribution is 2.30. The number of piperidine rings is 1. The maximum atomic E-state index is 5.16. The van der Waals surface area contributed by atoms with E-state index in [0.29, 0.717) is 6.04 Å². The molecule has 29 heavy (non-hydrogen) atoms. The predicted molar refractivity (Wildman–Crippen MR) is 135 cm³/mol. The third-order valence-corrected chi connectivity index (χ3v) is 6.31. The summed E-state index contributed by atoms with van der Waals surface area (Å²) in [6.07, 6.45) is 5.67. The van der Waals surface area contributed by atoms with Crippen LogP contribution in [0.2, 0.25) is 0 Å². The van der Waals surface area contributed by atoms with Crippen molar-refractivity contribution in [1.29, 1.82) is 0 Å². The van der Waals surface area contributed by atoms with Crippen molar-refractivity contribution in [1.82, 2.24) is 15.5 Å². The molecule has 0 aromatic heterocycles. The van der Waals surface area contributed by atoms with Crippen LogP contribution in [0.25, 0.3) is 0 Å². The monoisotopic (exact) mass is 516 g/mol. The van der Waals surface area contributed by atoms with E-state index in [1.165, 1.54) is 18.4 Å². The van der Waals surface area contributed by atoms with Crippen LogP contribution in [0.4, 0.5) is 0 Å². The summed E-state index contributed by atoms with van der Waals surface area (Å²) in [6, 6.07) is 11.4. The molecule has 6 heteroatoms. The lowest BCUT2D eigenvalue weighted by Gasteiger charge is -2.35. The van der Waals surface area contributed by atoms with E-state index < -0.39 is 0 Å². The molecular weight excluding hydrogens is 475 g/mol. The molecule has 1 heterocycles. The molecule has 2 rings (SSSR count). The van der Waals surface area contributed by atoms with Gasteiger partial charge in [0.2, 0.25) is 0 Å². The minimum Gasteiger partial charge on any atom is -0.385 e. The lowest BCUT2D eigenvalue weighted by Crippen LogP contribution is -2.51. The molecule has 0 unspecified atom stereocenters. The second kappa shape index (κ2) is 14.2. The van der Waals surface area contributed by atoms with Gasteiger partial charge in [0.1, 0.15) is 0 Å². The quantitative estimate of drug-likeness (QED) is 0.214. The molecule has 2 N–H and O–H groups in total. The van der Waals surface area contributed by atoms with Gasteiger partial charge < -0.3 is 20.3 Å². The highest BCUT2D eigenvalue weighted by atomic mass is 127. The molecule has 0 aliphatic carbocycles. The fourth-order valence-electron chi connectivity index (χ4n) is 4.18. The van der Waals surface area contributed by atoms with Crippen LogP contribution in [-0.4, -0.2) is 63.8 Å². The second-order valence-electron chi connectivity index (χ2n) is 7.89. The van der Waals surface area contributed by atoms with E-state index in [1.54, 1.807) is 7.11 Å². The number of hydrogen-bond donors (Lipinski definition) is 2. The summed E-state index contributed by atoms with van der Waals surface area (Å²) in [5.74, 6) is 0.931. The van der Waals surface area contributed by atoms with E-state index in [0.717, 1.165) is 58.0 Å². The van der Waals surface area contributed by atoms with Crippen LogP contribution in [0.1, 0.15) is 51.5 Å². The first kappa shape index (κ1) is 26.2. The summed E-state index contributed by atoms with van der Waals surface area (Å²) in [5, 5.41) is 7.27. The molecule has 1 aromatic carbocycles. The van der Waals surface area contributed by atoms with Gasteiger partial charge in [-0.3, -0.25) is 4.99 Å². The van der Waals surface area contributed by atoms with Crippen molar-refractivity contribution >= 4 is 29.9 Å². The molecule has 0 spiro atoms. The number of aliphatic imine (C=N–C) groups is 1. The topological polar surface area (TPSA) is 48.9 Å². The van der Waals surface area contributed by atoms with Gasteiger partial charge in [-0.2, -0.15) is 0 Å². The lowest BCUT2D eigenvalue weighted by atomic mass is 9.76. The van der Waals surface area contributed by atoms with Crippen LogP contribution in [0.15, 0.2) is 35.3 Å². The smallest absolute Gasteiger partial charge is 0.191 e. The van der Waals surface area contributed by atoms with Gasteiger partial charge in [0.05, 0.1) is 0 Å². The number of nitrogens with one attached hydrogen (secondary N) is 2. The zero-order chi connectivity index (χ0) is 20.2. The Kier molecular flexibility index (Phi) is 12.8. The number of halogens is 1. The van der Waals surface area contributed by atoms with Crippen molar-refractivity contribution in [2.45, 2.75) is 57.4 Å². The molecule has 166 valence electrons. The number of ether oxygens (including phenoxy) is 1. The molecule has 1 fully saturated rings. The van der Waals surface area contributed by atoms with Crippen LogP contribution in [0.5, 0.6) is 0 Å². The van der Waals surface area contributed by atoms with Gasteiger partial charge in [0.15, 0.2) is 5.96 Å². The van der Waals surface area contributed by atoms with E-state index in [9.17, 15) is 0 Å². The number of methoxy groups -OCH3 is 1. The third-order valence-electron chi connectivity index (χ3n) is 6.31. The lowest BCUT2D eigenvalue weighted by molar-refractivity contribution is 0.155. The first-order chi connectivity index (χ1) is 13.7. The maximum absolute atomic E-state index is 5.16. The van der Waals surface area contributed by atoms with Crippen molar-refractivity contribution in [2.75, 3.05) is 46.9 Å². The summed E-state index contributed by atoms with van der Waals surface area (Å²) in [5.41, 5.74) is 1.55. The Hall–Kier alpha value is -0.860. The van der Waals surface area contributed by atoms with Crippen LogP contribution in [0.3, 0.4) is 0 Å². The zero-order valence-electron chi connectivity index (χ0n) is 18.7. The molecular formula is C23H41IN4O. The Balaban J connectivity index is 0.00000420. The van der Waals surface area contributed by atoms with Crippen LogP contribution in [0, 0.1) is 0 Å². The Labute approximate surface area is 195 Å². The predicted octanol–water partition coefficient (Wildman–Crippen LogP) is 4.03. The number of hydrogen-bond acceptors (Lipinski definition) is 3. The van der Waals surface area contributed by atoms with E-state index in [4.69, 9.17) is 4.74 Å². The van der Waals surface area contributed by atoms with E-state index in [1.807, 2.05) is 7.05 Å². The molecule has 1 aliphatic heterocycles. The van der Waals surface area contributed by atoms with Crippen molar-refractivity contribution in [3.8, 4) is 0 Å². The van der Waals surface area contributed by atoms with Crippen LogP contribution >= 0.6 is 24.0 Å². The average molecular weight is 517 g/mol. The normalized spacial score (nSPS) is 16.3. The summed E-state index contributed by atoms with van der Waals surface area (Å²) >= 11 is 0. The number of guanidine groups is 1. The highest BCUT2D eigenvalue weighted by Gasteiger charge is 2.29. The summed E-state index contributed by atoms with van der Waals surface area (Å²) in [4.78, 5) is 7.04. The largest absolute Gasteiger partial charge is 0.385 e. The summed E-state index contributed by atoms with van der Waals surface area (Å²) in [7, 11) is 3.65. The minimum absolute atomic E-state index is 0. The molecule has 1 saturated heterocycles. The van der Waals surface area contributed by atoms with Crippen LogP contribution < -0.4 is 10.6 Å². The van der Waals surface area contributed by atoms with Gasteiger partial charge in [0, 0.05) is 58.4 Å². The number of benzene rings is 1.